The summed E-state index contributed by atoms with van der Waals surface area (Å²) in [4.78, 5) is 30.2. The van der Waals surface area contributed by atoms with Crippen LogP contribution in [0, 0.1) is 0 Å². The topological polar surface area (TPSA) is 119 Å². The zero-order valence-electron chi connectivity index (χ0n) is 19.8. The van der Waals surface area contributed by atoms with E-state index in [1.165, 1.54) is 0 Å². The van der Waals surface area contributed by atoms with Crippen molar-refractivity contribution >= 4 is 23.2 Å². The summed E-state index contributed by atoms with van der Waals surface area (Å²) in [6.45, 7) is 9.30. The van der Waals surface area contributed by atoms with E-state index in [2.05, 4.69) is 20.4 Å². The maximum atomic E-state index is 13.0. The molecule has 2 fully saturated rings. The Morgan fingerprint density at radius 3 is 2.21 bits per heavy atom. The SMILES string of the molecule is Cn1cc(NC(=O)c2cc(N)cn2CCN2CCOCC2)cc1C(=O)NCCN1CCOCC1. The molecule has 2 aliphatic heterocycles. The highest BCUT2D eigenvalue weighted by Gasteiger charge is 2.18. The summed E-state index contributed by atoms with van der Waals surface area (Å²) in [7, 11) is 1.79. The number of aromatic nitrogens is 2. The molecule has 0 unspecified atom stereocenters. The number of hydrogen-bond donors (Lipinski definition) is 3. The quantitative estimate of drug-likeness (QED) is 0.471. The molecule has 186 valence electrons. The number of nitrogen functional groups attached to an aromatic ring is 1. The van der Waals surface area contributed by atoms with Crippen LogP contribution in [0.2, 0.25) is 0 Å². The predicted molar refractivity (Wildman–Crippen MR) is 129 cm³/mol. The molecule has 0 radical (unpaired) electrons. The number of nitrogens with one attached hydrogen (secondary N) is 2. The van der Waals surface area contributed by atoms with E-state index in [1.54, 1.807) is 36.1 Å². The van der Waals surface area contributed by atoms with Gasteiger partial charge in [0.25, 0.3) is 11.8 Å². The molecule has 2 amide bonds. The molecule has 11 heteroatoms. The van der Waals surface area contributed by atoms with Gasteiger partial charge in [0, 0.05) is 71.8 Å². The fraction of sp³-hybridized carbons (Fsp3) is 0.565. The lowest BCUT2D eigenvalue weighted by Crippen LogP contribution is -2.41. The van der Waals surface area contributed by atoms with Crippen LogP contribution >= 0.6 is 0 Å². The van der Waals surface area contributed by atoms with Gasteiger partial charge in [0.2, 0.25) is 0 Å². The van der Waals surface area contributed by atoms with E-state index in [9.17, 15) is 9.59 Å². The summed E-state index contributed by atoms with van der Waals surface area (Å²) in [5.74, 6) is -0.432. The summed E-state index contributed by atoms with van der Waals surface area (Å²) < 4.78 is 14.3. The standard InChI is InChI=1S/C23H35N7O4/c1-27-17-19(15-20(27)22(31)25-2-3-28-6-10-33-11-7-28)26-23(32)21-14-18(24)16-30(21)5-4-29-8-12-34-13-9-29/h14-17H,2-13,24H2,1H3,(H,25,31)(H,26,32). The molecule has 4 N–H and O–H groups in total. The molecule has 2 saturated heterocycles. The Kier molecular flexibility index (Phi) is 8.22. The minimum Gasteiger partial charge on any atom is -0.397 e. The minimum absolute atomic E-state index is 0.172. The summed E-state index contributed by atoms with van der Waals surface area (Å²) in [6.07, 6.45) is 3.52. The number of morpholine rings is 2. The van der Waals surface area contributed by atoms with Crippen LogP contribution in [0.1, 0.15) is 21.0 Å². The van der Waals surface area contributed by atoms with Crippen molar-refractivity contribution in [3.05, 3.63) is 35.9 Å². The molecule has 0 atom stereocenters. The van der Waals surface area contributed by atoms with Crippen LogP contribution in [0.5, 0.6) is 0 Å². The number of anilines is 2. The first-order chi connectivity index (χ1) is 16.5. The average Bonchev–Trinajstić information content (AvgIpc) is 3.40. The van der Waals surface area contributed by atoms with Gasteiger partial charge in [-0.3, -0.25) is 19.4 Å². The van der Waals surface area contributed by atoms with E-state index in [-0.39, 0.29) is 11.8 Å². The Morgan fingerprint density at radius 1 is 0.882 bits per heavy atom. The van der Waals surface area contributed by atoms with Gasteiger partial charge in [0.1, 0.15) is 11.4 Å². The molecule has 4 heterocycles. The number of ether oxygens (including phenoxy) is 2. The fourth-order valence-electron chi connectivity index (χ4n) is 4.28. The van der Waals surface area contributed by atoms with Crippen molar-refractivity contribution in [2.45, 2.75) is 6.54 Å². The maximum Gasteiger partial charge on any atom is 0.272 e. The van der Waals surface area contributed by atoms with Crippen LogP contribution in [0.4, 0.5) is 11.4 Å². The van der Waals surface area contributed by atoms with Gasteiger partial charge in [0.05, 0.1) is 37.8 Å². The molecule has 0 bridgehead atoms. The van der Waals surface area contributed by atoms with E-state index >= 15 is 0 Å². The van der Waals surface area contributed by atoms with Crippen molar-refractivity contribution in [2.75, 3.05) is 83.3 Å². The fourth-order valence-corrected chi connectivity index (χ4v) is 4.28. The number of rotatable bonds is 9. The first-order valence-electron chi connectivity index (χ1n) is 11.8. The Balaban J connectivity index is 1.31. The Labute approximate surface area is 199 Å². The first kappa shape index (κ1) is 24.3. The molecule has 0 aromatic carbocycles. The van der Waals surface area contributed by atoms with E-state index in [1.807, 2.05) is 4.57 Å². The molecule has 4 rings (SSSR count). The number of nitrogens with zero attached hydrogens (tertiary/aromatic N) is 4. The van der Waals surface area contributed by atoms with E-state index in [0.29, 0.717) is 35.9 Å². The minimum atomic E-state index is -0.261. The molecule has 2 aliphatic rings. The number of carbonyl (C=O) groups excluding carboxylic acids is 2. The molecule has 0 spiro atoms. The van der Waals surface area contributed by atoms with Crippen molar-refractivity contribution < 1.29 is 19.1 Å². The summed E-state index contributed by atoms with van der Waals surface area (Å²) >= 11 is 0. The first-order valence-corrected chi connectivity index (χ1v) is 11.8. The van der Waals surface area contributed by atoms with Crippen LogP contribution in [0.15, 0.2) is 24.5 Å². The van der Waals surface area contributed by atoms with Gasteiger partial charge < -0.3 is 35.0 Å². The van der Waals surface area contributed by atoms with E-state index in [4.69, 9.17) is 15.2 Å². The third-order valence-corrected chi connectivity index (χ3v) is 6.22. The smallest absolute Gasteiger partial charge is 0.272 e. The van der Waals surface area contributed by atoms with E-state index in [0.717, 1.165) is 65.7 Å². The Bertz CT molecular complexity index is 974. The average molecular weight is 474 g/mol. The second-order valence-electron chi connectivity index (χ2n) is 8.70. The number of hydrogen-bond acceptors (Lipinski definition) is 7. The highest BCUT2D eigenvalue weighted by atomic mass is 16.5. The van der Waals surface area contributed by atoms with Crippen molar-refractivity contribution in [1.29, 1.82) is 0 Å². The van der Waals surface area contributed by atoms with Crippen molar-refractivity contribution in [3.8, 4) is 0 Å². The Morgan fingerprint density at radius 2 is 1.53 bits per heavy atom. The van der Waals surface area contributed by atoms with Crippen LogP contribution in [0.3, 0.4) is 0 Å². The second-order valence-corrected chi connectivity index (χ2v) is 8.70. The highest BCUT2D eigenvalue weighted by molar-refractivity contribution is 6.04. The number of carbonyl (C=O) groups is 2. The summed E-state index contributed by atoms with van der Waals surface area (Å²) in [6, 6.07) is 3.36. The number of nitrogens with two attached hydrogens (primary N) is 1. The molecule has 2 aromatic rings. The zero-order valence-corrected chi connectivity index (χ0v) is 19.8. The third-order valence-electron chi connectivity index (χ3n) is 6.22. The summed E-state index contributed by atoms with van der Waals surface area (Å²) in [5.41, 5.74) is 8.07. The van der Waals surface area contributed by atoms with Crippen LogP contribution < -0.4 is 16.4 Å². The van der Waals surface area contributed by atoms with Gasteiger partial charge in [-0.15, -0.1) is 0 Å². The van der Waals surface area contributed by atoms with Crippen LogP contribution in [0.25, 0.3) is 0 Å². The van der Waals surface area contributed by atoms with E-state index < -0.39 is 0 Å². The molecular formula is C23H35N7O4. The lowest BCUT2D eigenvalue weighted by Gasteiger charge is -2.26. The zero-order chi connectivity index (χ0) is 23.9. The lowest BCUT2D eigenvalue weighted by molar-refractivity contribution is 0.0363. The van der Waals surface area contributed by atoms with Gasteiger partial charge in [-0.05, 0) is 12.1 Å². The highest BCUT2D eigenvalue weighted by Crippen LogP contribution is 2.17. The van der Waals surface area contributed by atoms with Gasteiger partial charge in [-0.2, -0.15) is 0 Å². The number of aryl methyl sites for hydroxylation is 1. The molecule has 11 nitrogen and oxygen atoms in total. The Hall–Kier alpha value is -2.86. The molecule has 0 aliphatic carbocycles. The predicted octanol–water partition coefficient (Wildman–Crippen LogP) is 0.0553. The summed E-state index contributed by atoms with van der Waals surface area (Å²) in [5, 5.41) is 5.86. The van der Waals surface area contributed by atoms with Gasteiger partial charge in [-0.1, -0.05) is 0 Å². The lowest BCUT2D eigenvalue weighted by atomic mass is 10.3. The van der Waals surface area contributed by atoms with Crippen LogP contribution in [-0.4, -0.2) is 103 Å². The normalized spacial score (nSPS) is 17.6. The third kappa shape index (κ3) is 6.38. The van der Waals surface area contributed by atoms with Crippen molar-refractivity contribution in [1.82, 2.24) is 24.3 Å². The number of amides is 2. The van der Waals surface area contributed by atoms with Crippen molar-refractivity contribution in [2.24, 2.45) is 7.05 Å². The van der Waals surface area contributed by atoms with Gasteiger partial charge >= 0.3 is 0 Å². The maximum absolute atomic E-state index is 13.0. The second kappa shape index (κ2) is 11.5. The molecular weight excluding hydrogens is 438 g/mol. The monoisotopic (exact) mass is 473 g/mol. The molecule has 34 heavy (non-hydrogen) atoms. The van der Waals surface area contributed by atoms with Gasteiger partial charge in [0.15, 0.2) is 0 Å². The van der Waals surface area contributed by atoms with Gasteiger partial charge in [-0.25, -0.2) is 0 Å². The van der Waals surface area contributed by atoms with Crippen molar-refractivity contribution in [3.63, 3.8) is 0 Å². The molecule has 0 saturated carbocycles. The largest absolute Gasteiger partial charge is 0.397 e. The van der Waals surface area contributed by atoms with Crippen LogP contribution in [-0.2, 0) is 23.1 Å². The molecule has 2 aromatic heterocycles.